The van der Waals surface area contributed by atoms with Gasteiger partial charge in [0.2, 0.25) is 0 Å². The lowest BCUT2D eigenvalue weighted by Crippen LogP contribution is -1.89. The van der Waals surface area contributed by atoms with Gasteiger partial charge in [-0.1, -0.05) is 321 Å². The van der Waals surface area contributed by atoms with E-state index in [1.165, 1.54) is 210 Å². The number of thiophene rings is 3. The van der Waals surface area contributed by atoms with Crippen LogP contribution in [0.25, 0.3) is 258 Å². The van der Waals surface area contributed by atoms with Gasteiger partial charge in [0, 0.05) is 141 Å². The van der Waals surface area contributed by atoms with Gasteiger partial charge in [0.25, 0.3) is 0 Å². The summed E-state index contributed by atoms with van der Waals surface area (Å²) in [6.07, 6.45) is 10.7. The van der Waals surface area contributed by atoms with Crippen LogP contribution in [0.1, 0.15) is 16.7 Å². The molecule has 27 aromatic rings. The van der Waals surface area contributed by atoms with Crippen molar-refractivity contribution in [3.05, 3.63) is 436 Å². The number of hydrogen-bond donors (Lipinski definition) is 0. The summed E-state index contributed by atoms with van der Waals surface area (Å²) in [5.74, 6) is 0. The number of aromatic nitrogens is 6. The summed E-state index contributed by atoms with van der Waals surface area (Å²) in [4.78, 5) is 28.2. The molecule has 0 unspecified atom stereocenters. The molecule has 0 aliphatic carbocycles. The topological polar surface area (TPSA) is 77.3 Å². The van der Waals surface area contributed by atoms with E-state index in [2.05, 4.69) is 413 Å². The fourth-order valence-electron chi connectivity index (χ4n) is 20.1. The van der Waals surface area contributed by atoms with Crippen molar-refractivity contribution in [1.82, 2.24) is 29.9 Å². The molecule has 0 saturated carbocycles. The Morgan fingerprint density at radius 1 is 0.152 bits per heavy atom. The predicted molar refractivity (Wildman–Crippen MR) is 565 cm³/mol. The zero-order valence-electron chi connectivity index (χ0n) is 72.2. The lowest BCUT2D eigenvalue weighted by atomic mass is 9.92. The fourth-order valence-corrected chi connectivity index (χ4v) is 24.0. The largest absolute Gasteiger partial charge is 0.252 e. The van der Waals surface area contributed by atoms with Crippen molar-refractivity contribution in [2.75, 3.05) is 0 Å². The number of nitrogens with zero attached hydrogens (tertiary/aromatic N) is 6. The van der Waals surface area contributed by atoms with Crippen LogP contribution in [0.4, 0.5) is 0 Å². The van der Waals surface area contributed by atoms with Gasteiger partial charge in [-0.2, -0.15) is 0 Å². The van der Waals surface area contributed by atoms with Crippen LogP contribution < -0.4 is 0 Å². The molecule has 21 aromatic carbocycles. The van der Waals surface area contributed by atoms with E-state index in [1.807, 2.05) is 34.0 Å². The minimum Gasteiger partial charge on any atom is -0.252 e. The maximum Gasteiger partial charge on any atom is 0.0971 e. The minimum atomic E-state index is 0.940. The highest BCUT2D eigenvalue weighted by Gasteiger charge is 2.23. The first kappa shape index (κ1) is 78.1. The molecule has 9 heteroatoms. The van der Waals surface area contributed by atoms with E-state index in [-0.39, 0.29) is 0 Å². The Hall–Kier alpha value is -16.1. The standard InChI is InChI=1S/C52H32N2S.C36H24N2S.C35H22N2S/c1-4-12-33(13-5-1)39-29-44(36-16-8-3-9-17-36)51-47(31-39)48-32-40(34-14-6-2-7-15-34)30-45(52(48)55-51)37-22-20-35(21-23-37)38-24-25-43-46(28-38)41-18-10-11-19-42(41)49-50(43)54-27-26-53-49;1-21-7-14-33-31(17-21)32-19-22(2)18-29(36(32)39-33)24-10-8-23(9-11-24)25-12-13-28-30(20-25)26-5-3-4-6-27(26)34-35(28)38-16-15-37-34;1-21-6-4-10-29-30-11-5-9-25(35(30)38-34(21)29)23-14-12-22(13-15-23)24-16-17-28-31(20-24)26-7-2-3-8-27(26)32-33(28)37-19-18-36-32/h1-32H;3-20H,1-2H3;2-20H,1H3. The summed E-state index contributed by atoms with van der Waals surface area (Å²) < 4.78 is 8.06. The SMILES string of the molecule is Cc1ccc2sc3c(-c4ccc(-c5ccc6c(c5)c5ccccc5c5nccnc65)cc4)cc(C)cc3c2c1.Cc1cccc2c1sc1c(-c3ccc(-c4ccc5c(c4)c4ccccc4c4nccnc54)cc3)cccc12.c1ccc(-c2cc(-c3ccccc3)c3sc4c(-c5ccc(-c6ccc7c(c6)c6ccccc6c6nccnc76)cc5)cc(-c5ccccc5)cc4c3c2)cc1. The lowest BCUT2D eigenvalue weighted by Gasteiger charge is -2.12. The first-order chi connectivity index (χ1) is 65.2. The second-order valence-electron chi connectivity index (χ2n) is 34.4. The number of hydrogen-bond acceptors (Lipinski definition) is 9. The van der Waals surface area contributed by atoms with Gasteiger partial charge < -0.3 is 0 Å². The number of rotatable bonds is 9. The average Bonchev–Trinajstić information content (AvgIpc) is 1.14. The van der Waals surface area contributed by atoms with Crippen LogP contribution in [-0.2, 0) is 0 Å². The molecule has 618 valence electrons. The Morgan fingerprint density at radius 3 is 0.871 bits per heavy atom. The summed E-state index contributed by atoms with van der Waals surface area (Å²) in [5, 5.41) is 22.0. The van der Waals surface area contributed by atoms with E-state index in [1.54, 1.807) is 37.2 Å². The average molecular weight is 1740 g/mol. The third-order valence-corrected chi connectivity index (χ3v) is 30.4. The Kier molecular flexibility index (Phi) is 19.1. The normalized spacial score (nSPS) is 11.8. The smallest absolute Gasteiger partial charge is 0.0971 e. The summed E-state index contributed by atoms with van der Waals surface area (Å²) in [5.41, 5.74) is 31.8. The maximum atomic E-state index is 4.76. The van der Waals surface area contributed by atoms with E-state index < -0.39 is 0 Å². The molecule has 0 amide bonds. The van der Waals surface area contributed by atoms with Gasteiger partial charge in [-0.25, -0.2) is 0 Å². The summed E-state index contributed by atoms with van der Waals surface area (Å²) in [7, 11) is 0. The van der Waals surface area contributed by atoms with Crippen molar-refractivity contribution in [3.8, 4) is 100 Å². The molecule has 6 nitrogen and oxygen atoms in total. The van der Waals surface area contributed by atoms with E-state index >= 15 is 0 Å². The third kappa shape index (κ3) is 13.5. The van der Waals surface area contributed by atoms with E-state index in [9.17, 15) is 0 Å². The fraction of sp³-hybridized carbons (Fsp3) is 0.0244. The molecule has 0 bridgehead atoms. The van der Waals surface area contributed by atoms with Crippen molar-refractivity contribution in [2.24, 2.45) is 0 Å². The highest BCUT2D eigenvalue weighted by atomic mass is 32.1. The van der Waals surface area contributed by atoms with Crippen LogP contribution in [0.2, 0.25) is 0 Å². The molecule has 6 heterocycles. The van der Waals surface area contributed by atoms with Gasteiger partial charge >= 0.3 is 0 Å². The molecular formula is C123H78N6S3. The number of aryl methyl sites for hydroxylation is 3. The van der Waals surface area contributed by atoms with Crippen LogP contribution in [-0.4, -0.2) is 29.9 Å². The Labute approximate surface area is 773 Å². The van der Waals surface area contributed by atoms with E-state index in [4.69, 9.17) is 19.9 Å². The van der Waals surface area contributed by atoms with Crippen LogP contribution >= 0.6 is 34.0 Å². The van der Waals surface area contributed by atoms with Gasteiger partial charge in [-0.15, -0.1) is 34.0 Å². The summed E-state index contributed by atoms with van der Waals surface area (Å²) in [6.45, 7) is 6.57. The number of benzene rings is 21. The molecule has 6 aromatic heterocycles. The first-order valence-corrected chi connectivity index (χ1v) is 47.1. The highest BCUT2D eigenvalue weighted by Crippen LogP contribution is 2.51. The van der Waals surface area contributed by atoms with Crippen molar-refractivity contribution in [2.45, 2.75) is 20.8 Å². The monoisotopic (exact) mass is 1730 g/mol. The van der Waals surface area contributed by atoms with Gasteiger partial charge in [0.1, 0.15) is 0 Å². The molecular weight excluding hydrogens is 1660 g/mol. The third-order valence-electron chi connectivity index (χ3n) is 26.5. The van der Waals surface area contributed by atoms with Crippen LogP contribution in [0.15, 0.2) is 419 Å². The van der Waals surface area contributed by atoms with Gasteiger partial charge in [-0.3, -0.25) is 29.9 Å². The molecule has 0 atom stereocenters. The molecule has 0 aliphatic heterocycles. The first-order valence-electron chi connectivity index (χ1n) is 44.7. The molecule has 132 heavy (non-hydrogen) atoms. The molecule has 0 aliphatic rings. The Balaban J connectivity index is 0.000000109. The van der Waals surface area contributed by atoms with Crippen molar-refractivity contribution >= 4 is 192 Å². The Bertz CT molecular complexity index is 9250. The summed E-state index contributed by atoms with van der Waals surface area (Å²) >= 11 is 5.70. The minimum absolute atomic E-state index is 0.940. The van der Waals surface area contributed by atoms with Crippen LogP contribution in [0.5, 0.6) is 0 Å². The quantitative estimate of drug-likeness (QED) is 0.134. The summed E-state index contributed by atoms with van der Waals surface area (Å²) in [6, 6.07) is 140. The second kappa shape index (κ2) is 32.3. The molecule has 0 N–H and O–H groups in total. The maximum absolute atomic E-state index is 4.76. The molecule has 27 rings (SSSR count). The van der Waals surface area contributed by atoms with Crippen LogP contribution in [0, 0.1) is 20.8 Å². The predicted octanol–water partition coefficient (Wildman–Crippen LogP) is 34.8. The van der Waals surface area contributed by atoms with Gasteiger partial charge in [0.05, 0.1) is 33.1 Å². The number of fused-ring (bicyclic) bond motifs is 27. The molecule has 0 radical (unpaired) electrons. The van der Waals surface area contributed by atoms with E-state index in [0.717, 1.165) is 65.4 Å². The van der Waals surface area contributed by atoms with Crippen molar-refractivity contribution in [3.63, 3.8) is 0 Å². The van der Waals surface area contributed by atoms with Gasteiger partial charge in [0.15, 0.2) is 0 Å². The van der Waals surface area contributed by atoms with E-state index in [0.29, 0.717) is 0 Å². The van der Waals surface area contributed by atoms with Crippen LogP contribution in [0.3, 0.4) is 0 Å². The lowest BCUT2D eigenvalue weighted by molar-refractivity contribution is 1.31. The highest BCUT2D eigenvalue weighted by molar-refractivity contribution is 7.27. The zero-order chi connectivity index (χ0) is 87.6. The molecule has 0 fully saturated rings. The molecule has 0 saturated heterocycles. The van der Waals surface area contributed by atoms with Crippen molar-refractivity contribution in [1.29, 1.82) is 0 Å². The zero-order valence-corrected chi connectivity index (χ0v) is 74.7. The molecule has 0 spiro atoms. The second-order valence-corrected chi connectivity index (χ2v) is 37.5. The van der Waals surface area contributed by atoms with Gasteiger partial charge in [-0.05, 0) is 220 Å². The Morgan fingerprint density at radius 2 is 0.439 bits per heavy atom. The van der Waals surface area contributed by atoms with Crippen molar-refractivity contribution < 1.29 is 0 Å².